The van der Waals surface area contributed by atoms with Crippen LogP contribution in [0.1, 0.15) is 44.5 Å². The zero-order valence-electron chi connectivity index (χ0n) is 16.4. The lowest BCUT2D eigenvalue weighted by molar-refractivity contribution is 0.0972. The van der Waals surface area contributed by atoms with Gasteiger partial charge in [-0.15, -0.1) is 0 Å². The molecule has 1 atom stereocenters. The van der Waals surface area contributed by atoms with Crippen LogP contribution in [0.2, 0.25) is 0 Å². The van der Waals surface area contributed by atoms with Crippen molar-refractivity contribution in [2.45, 2.75) is 46.3 Å². The molecule has 1 unspecified atom stereocenters. The molecule has 0 aliphatic heterocycles. The zero-order valence-corrected chi connectivity index (χ0v) is 18.8. The number of carbonyl (C=O) groups excluding carboxylic acids is 1. The fourth-order valence-electron chi connectivity index (χ4n) is 2.30. The molecule has 0 aromatic heterocycles. The molecule has 28 heavy (non-hydrogen) atoms. The SMILES string of the molecule is CCC(C)Oc1ccc(NC(=S)NC(=O)c2cc(Br)ccc2OC(C)C)cc1. The molecule has 0 fully saturated rings. The quantitative estimate of drug-likeness (QED) is 0.526. The van der Waals surface area contributed by atoms with Crippen LogP contribution in [0.25, 0.3) is 0 Å². The summed E-state index contributed by atoms with van der Waals surface area (Å²) in [6, 6.07) is 12.7. The summed E-state index contributed by atoms with van der Waals surface area (Å²) in [6.45, 7) is 7.91. The standard InChI is InChI=1S/C21H25BrN2O3S/c1-5-14(4)27-17-9-7-16(8-10-17)23-21(28)24-20(25)18-12-15(22)6-11-19(18)26-13(2)3/h6-14H,5H2,1-4H3,(H2,23,24,25,28). The molecule has 0 radical (unpaired) electrons. The van der Waals surface area contributed by atoms with Gasteiger partial charge in [0.15, 0.2) is 5.11 Å². The highest BCUT2D eigenvalue weighted by atomic mass is 79.9. The van der Waals surface area contributed by atoms with Crippen LogP contribution in [0.4, 0.5) is 5.69 Å². The average Bonchev–Trinajstić information content (AvgIpc) is 2.64. The van der Waals surface area contributed by atoms with Crippen molar-refractivity contribution < 1.29 is 14.3 Å². The summed E-state index contributed by atoms with van der Waals surface area (Å²) in [5, 5.41) is 5.90. The Hall–Kier alpha value is -2.12. The minimum Gasteiger partial charge on any atom is -0.491 e. The van der Waals surface area contributed by atoms with Crippen LogP contribution >= 0.6 is 28.1 Å². The lowest BCUT2D eigenvalue weighted by Gasteiger charge is -2.16. The molecule has 0 aliphatic rings. The Morgan fingerprint density at radius 2 is 1.79 bits per heavy atom. The molecule has 0 spiro atoms. The van der Waals surface area contributed by atoms with Gasteiger partial charge in [0, 0.05) is 10.2 Å². The molecule has 2 N–H and O–H groups in total. The molecule has 7 heteroatoms. The van der Waals surface area contributed by atoms with Gasteiger partial charge in [-0.05, 0) is 81.9 Å². The van der Waals surface area contributed by atoms with E-state index in [9.17, 15) is 4.79 Å². The Kier molecular flexibility index (Phi) is 8.26. The van der Waals surface area contributed by atoms with Gasteiger partial charge in [0.2, 0.25) is 0 Å². The molecule has 0 saturated carbocycles. The molecular weight excluding hydrogens is 440 g/mol. The van der Waals surface area contributed by atoms with Gasteiger partial charge in [0.05, 0.1) is 17.8 Å². The third-order valence-electron chi connectivity index (χ3n) is 3.80. The number of amides is 1. The number of ether oxygens (including phenoxy) is 2. The first-order chi connectivity index (χ1) is 13.3. The van der Waals surface area contributed by atoms with Crippen LogP contribution in [0.15, 0.2) is 46.9 Å². The predicted octanol–water partition coefficient (Wildman–Crippen LogP) is 5.54. The molecule has 0 saturated heterocycles. The zero-order chi connectivity index (χ0) is 20.7. The molecule has 0 bridgehead atoms. The number of hydrogen-bond donors (Lipinski definition) is 2. The number of anilines is 1. The van der Waals surface area contributed by atoms with Crippen LogP contribution < -0.4 is 20.1 Å². The molecular formula is C21H25BrN2O3S. The minimum absolute atomic E-state index is 0.0473. The van der Waals surface area contributed by atoms with Crippen LogP contribution in [0, 0.1) is 0 Å². The highest BCUT2D eigenvalue weighted by molar-refractivity contribution is 9.10. The molecule has 1 amide bonds. The van der Waals surface area contributed by atoms with E-state index in [0.29, 0.717) is 11.3 Å². The summed E-state index contributed by atoms with van der Waals surface area (Å²) in [4.78, 5) is 12.6. The van der Waals surface area contributed by atoms with Crippen LogP contribution in [-0.2, 0) is 0 Å². The number of hydrogen-bond acceptors (Lipinski definition) is 4. The third-order valence-corrected chi connectivity index (χ3v) is 4.50. The van der Waals surface area contributed by atoms with Crippen molar-refractivity contribution in [2.75, 3.05) is 5.32 Å². The number of benzene rings is 2. The van der Waals surface area contributed by atoms with Crippen LogP contribution in [-0.4, -0.2) is 23.2 Å². The van der Waals surface area contributed by atoms with E-state index in [4.69, 9.17) is 21.7 Å². The highest BCUT2D eigenvalue weighted by Gasteiger charge is 2.16. The maximum atomic E-state index is 12.6. The number of carbonyl (C=O) groups is 1. The van der Waals surface area contributed by atoms with Gasteiger partial charge in [0.25, 0.3) is 5.91 Å². The van der Waals surface area contributed by atoms with Gasteiger partial charge in [-0.1, -0.05) is 22.9 Å². The number of rotatable bonds is 7. The average molecular weight is 465 g/mol. The van der Waals surface area contributed by atoms with E-state index in [2.05, 4.69) is 33.5 Å². The lowest BCUT2D eigenvalue weighted by atomic mass is 10.2. The van der Waals surface area contributed by atoms with Crippen molar-refractivity contribution in [1.82, 2.24) is 5.32 Å². The van der Waals surface area contributed by atoms with E-state index >= 15 is 0 Å². The van der Waals surface area contributed by atoms with E-state index in [1.807, 2.05) is 51.1 Å². The summed E-state index contributed by atoms with van der Waals surface area (Å²) in [6.07, 6.45) is 1.05. The largest absolute Gasteiger partial charge is 0.491 e. The van der Waals surface area contributed by atoms with Crippen molar-refractivity contribution in [3.63, 3.8) is 0 Å². The van der Waals surface area contributed by atoms with Crippen molar-refractivity contribution >= 4 is 44.9 Å². The second-order valence-corrected chi connectivity index (χ2v) is 7.90. The maximum absolute atomic E-state index is 12.6. The molecule has 2 aromatic rings. The molecule has 150 valence electrons. The van der Waals surface area contributed by atoms with Crippen LogP contribution in [0.5, 0.6) is 11.5 Å². The summed E-state index contributed by atoms with van der Waals surface area (Å²) < 4.78 is 12.3. The summed E-state index contributed by atoms with van der Waals surface area (Å²) >= 11 is 8.65. The van der Waals surface area contributed by atoms with Gasteiger partial charge in [-0.3, -0.25) is 10.1 Å². The Balaban J connectivity index is 2.01. The Labute approximate surface area is 179 Å². The smallest absolute Gasteiger partial charge is 0.261 e. The fraction of sp³-hybridized carbons (Fsp3) is 0.333. The van der Waals surface area contributed by atoms with Crippen molar-refractivity contribution in [1.29, 1.82) is 0 Å². The summed E-state index contributed by atoms with van der Waals surface area (Å²) in [7, 11) is 0. The topological polar surface area (TPSA) is 59.6 Å². The second kappa shape index (κ2) is 10.4. The Morgan fingerprint density at radius 3 is 2.39 bits per heavy atom. The van der Waals surface area contributed by atoms with Crippen molar-refractivity contribution in [2.24, 2.45) is 0 Å². The highest BCUT2D eigenvalue weighted by Crippen LogP contribution is 2.24. The second-order valence-electron chi connectivity index (χ2n) is 6.58. The number of nitrogens with one attached hydrogen (secondary N) is 2. The lowest BCUT2D eigenvalue weighted by Crippen LogP contribution is -2.34. The third kappa shape index (κ3) is 6.80. The van der Waals surface area contributed by atoms with Gasteiger partial charge in [0.1, 0.15) is 11.5 Å². The first kappa shape index (κ1) is 22.2. The normalized spacial score (nSPS) is 11.6. The molecule has 2 rings (SSSR count). The fourth-order valence-corrected chi connectivity index (χ4v) is 2.87. The maximum Gasteiger partial charge on any atom is 0.261 e. The Bertz CT molecular complexity index is 825. The van der Waals surface area contributed by atoms with Gasteiger partial charge < -0.3 is 14.8 Å². The van der Waals surface area contributed by atoms with Crippen molar-refractivity contribution in [3.8, 4) is 11.5 Å². The van der Waals surface area contributed by atoms with E-state index in [1.54, 1.807) is 12.1 Å². The molecule has 0 heterocycles. The van der Waals surface area contributed by atoms with Gasteiger partial charge in [-0.2, -0.15) is 0 Å². The first-order valence-corrected chi connectivity index (χ1v) is 10.3. The predicted molar refractivity (Wildman–Crippen MR) is 120 cm³/mol. The van der Waals surface area contributed by atoms with Crippen molar-refractivity contribution in [3.05, 3.63) is 52.5 Å². The first-order valence-electron chi connectivity index (χ1n) is 9.13. The van der Waals surface area contributed by atoms with Crippen LogP contribution in [0.3, 0.4) is 0 Å². The van der Waals surface area contributed by atoms with E-state index in [0.717, 1.165) is 22.3 Å². The monoisotopic (exact) mass is 464 g/mol. The van der Waals surface area contributed by atoms with E-state index in [-0.39, 0.29) is 23.2 Å². The van der Waals surface area contributed by atoms with Gasteiger partial charge >= 0.3 is 0 Å². The summed E-state index contributed by atoms with van der Waals surface area (Å²) in [5.41, 5.74) is 1.17. The Morgan fingerprint density at radius 1 is 1.11 bits per heavy atom. The summed E-state index contributed by atoms with van der Waals surface area (Å²) in [5.74, 6) is 0.954. The van der Waals surface area contributed by atoms with E-state index < -0.39 is 0 Å². The minimum atomic E-state index is -0.342. The molecule has 2 aromatic carbocycles. The number of thiocarbonyl (C=S) groups is 1. The molecule has 0 aliphatic carbocycles. The number of halogens is 1. The van der Waals surface area contributed by atoms with E-state index in [1.165, 1.54) is 0 Å². The molecule has 5 nitrogen and oxygen atoms in total. The van der Waals surface area contributed by atoms with Gasteiger partial charge in [-0.25, -0.2) is 0 Å².